The molecule has 0 spiro atoms. The van der Waals surface area contributed by atoms with E-state index in [1.54, 1.807) is 18.2 Å². The number of rotatable bonds is 8. The van der Waals surface area contributed by atoms with Crippen molar-refractivity contribution in [1.29, 1.82) is 0 Å². The molecule has 0 radical (unpaired) electrons. The fraction of sp³-hybridized carbons (Fsp3) is 0.500. The number of aliphatic hydroxyl groups is 1. The summed E-state index contributed by atoms with van der Waals surface area (Å²) in [5.41, 5.74) is 0.708. The Morgan fingerprint density at radius 1 is 1.45 bits per heavy atom. The number of carboxylic acids is 1. The average Bonchev–Trinajstić information content (AvgIpc) is 3.26. The fourth-order valence-corrected chi connectivity index (χ4v) is 1.83. The Morgan fingerprint density at radius 2 is 2.20 bits per heavy atom. The third kappa shape index (κ3) is 3.85. The van der Waals surface area contributed by atoms with Crippen LogP contribution in [-0.4, -0.2) is 42.0 Å². The van der Waals surface area contributed by atoms with E-state index in [4.69, 9.17) is 19.7 Å². The molecule has 0 saturated heterocycles. The third-order valence-corrected chi connectivity index (χ3v) is 3.13. The maximum Gasteiger partial charge on any atom is 0.324 e. The van der Waals surface area contributed by atoms with Crippen LogP contribution in [0, 0.1) is 0 Å². The Hall–Kier alpha value is -1.79. The normalized spacial score (nSPS) is 15.7. The van der Waals surface area contributed by atoms with Gasteiger partial charge in [-0.15, -0.1) is 0 Å². The third-order valence-electron chi connectivity index (χ3n) is 3.13. The lowest BCUT2D eigenvalue weighted by Gasteiger charge is -2.16. The highest BCUT2D eigenvalue weighted by Crippen LogP contribution is 2.28. The molecular formula is C14H19NO5. The number of ether oxygens (including phenoxy) is 2. The minimum atomic E-state index is -0.928. The van der Waals surface area contributed by atoms with Gasteiger partial charge in [-0.1, -0.05) is 6.07 Å². The van der Waals surface area contributed by atoms with E-state index in [0.717, 1.165) is 12.8 Å². The standard InChI is InChI=1S/C14H19NO5/c1-19-13-6-9(7-16)2-5-12(13)20-8-11(14(17)18)15-10-3-4-10/h2,5-6,10-11,15-16H,3-4,7-8H2,1H3,(H,17,18). The highest BCUT2D eigenvalue weighted by Gasteiger charge is 2.28. The van der Waals surface area contributed by atoms with Gasteiger partial charge in [0.15, 0.2) is 11.5 Å². The molecule has 1 fully saturated rings. The van der Waals surface area contributed by atoms with Crippen LogP contribution in [0.3, 0.4) is 0 Å². The van der Waals surface area contributed by atoms with Crippen molar-refractivity contribution in [2.24, 2.45) is 0 Å². The van der Waals surface area contributed by atoms with Gasteiger partial charge in [-0.3, -0.25) is 10.1 Å². The number of carbonyl (C=O) groups is 1. The summed E-state index contributed by atoms with van der Waals surface area (Å²) in [5.74, 6) is 0.0171. The first-order chi connectivity index (χ1) is 9.63. The molecule has 110 valence electrons. The van der Waals surface area contributed by atoms with Crippen LogP contribution in [0.2, 0.25) is 0 Å². The monoisotopic (exact) mass is 281 g/mol. The van der Waals surface area contributed by atoms with Crippen LogP contribution in [0.15, 0.2) is 18.2 Å². The number of aliphatic carboxylic acids is 1. The maximum atomic E-state index is 11.1. The largest absolute Gasteiger partial charge is 0.493 e. The molecule has 0 aliphatic heterocycles. The first-order valence-corrected chi connectivity index (χ1v) is 6.53. The fourth-order valence-electron chi connectivity index (χ4n) is 1.83. The summed E-state index contributed by atoms with van der Waals surface area (Å²) in [6.07, 6.45) is 2.02. The molecule has 6 heteroatoms. The Kier molecular flexibility index (Phi) is 4.81. The van der Waals surface area contributed by atoms with E-state index in [-0.39, 0.29) is 13.2 Å². The second-order valence-corrected chi connectivity index (χ2v) is 4.79. The first kappa shape index (κ1) is 14.6. The second kappa shape index (κ2) is 6.58. The maximum absolute atomic E-state index is 11.1. The van der Waals surface area contributed by atoms with Crippen LogP contribution >= 0.6 is 0 Å². The quantitative estimate of drug-likeness (QED) is 0.652. The Labute approximate surface area is 117 Å². The summed E-state index contributed by atoms with van der Waals surface area (Å²) >= 11 is 0. The predicted octanol–water partition coefficient (Wildman–Crippen LogP) is 0.771. The van der Waals surface area contributed by atoms with Crippen LogP contribution in [0.1, 0.15) is 18.4 Å². The van der Waals surface area contributed by atoms with Crippen molar-refractivity contribution in [3.05, 3.63) is 23.8 Å². The molecule has 3 N–H and O–H groups in total. The Balaban J connectivity index is 1.99. The molecule has 1 aliphatic rings. The van der Waals surface area contributed by atoms with E-state index >= 15 is 0 Å². The van der Waals surface area contributed by atoms with Crippen molar-refractivity contribution >= 4 is 5.97 Å². The summed E-state index contributed by atoms with van der Waals surface area (Å²) in [6, 6.07) is 4.60. The zero-order valence-corrected chi connectivity index (χ0v) is 11.3. The van der Waals surface area contributed by atoms with Crippen LogP contribution in [-0.2, 0) is 11.4 Å². The summed E-state index contributed by atoms with van der Waals surface area (Å²) in [6.45, 7) is -0.0573. The molecule has 20 heavy (non-hydrogen) atoms. The van der Waals surface area contributed by atoms with Gasteiger partial charge in [-0.2, -0.15) is 0 Å². The zero-order chi connectivity index (χ0) is 14.5. The molecule has 1 unspecified atom stereocenters. The molecule has 1 atom stereocenters. The van der Waals surface area contributed by atoms with Crippen LogP contribution in [0.5, 0.6) is 11.5 Å². The van der Waals surface area contributed by atoms with Crippen LogP contribution < -0.4 is 14.8 Å². The number of aliphatic hydroxyl groups excluding tert-OH is 1. The highest BCUT2D eigenvalue weighted by atomic mass is 16.5. The summed E-state index contributed by atoms with van der Waals surface area (Å²) in [7, 11) is 1.50. The smallest absolute Gasteiger partial charge is 0.324 e. The molecular weight excluding hydrogens is 262 g/mol. The predicted molar refractivity (Wildman–Crippen MR) is 72.0 cm³/mol. The van der Waals surface area contributed by atoms with Crippen molar-refractivity contribution in [3.63, 3.8) is 0 Å². The Bertz CT molecular complexity index is 473. The van der Waals surface area contributed by atoms with Crippen molar-refractivity contribution < 1.29 is 24.5 Å². The van der Waals surface area contributed by atoms with Gasteiger partial charge in [-0.25, -0.2) is 0 Å². The molecule has 6 nitrogen and oxygen atoms in total. The van der Waals surface area contributed by atoms with Crippen molar-refractivity contribution in [3.8, 4) is 11.5 Å². The first-order valence-electron chi connectivity index (χ1n) is 6.53. The molecule has 0 aromatic heterocycles. The number of carboxylic acid groups (broad SMARTS) is 1. The summed E-state index contributed by atoms with van der Waals surface area (Å²) in [5, 5.41) is 21.2. The van der Waals surface area contributed by atoms with E-state index in [1.807, 2.05) is 0 Å². The molecule has 2 rings (SSSR count). The lowest BCUT2D eigenvalue weighted by atomic mass is 10.2. The second-order valence-electron chi connectivity index (χ2n) is 4.79. The molecule has 1 aliphatic carbocycles. The number of nitrogens with one attached hydrogen (secondary N) is 1. The van der Waals surface area contributed by atoms with Crippen LogP contribution in [0.4, 0.5) is 0 Å². The topological polar surface area (TPSA) is 88.0 Å². The minimum Gasteiger partial charge on any atom is -0.493 e. The van der Waals surface area contributed by atoms with Crippen molar-refractivity contribution in [2.45, 2.75) is 31.5 Å². The molecule has 0 amide bonds. The minimum absolute atomic E-state index is 0.0284. The molecule has 1 aromatic rings. The summed E-state index contributed by atoms with van der Waals surface area (Å²) in [4.78, 5) is 11.1. The van der Waals surface area contributed by atoms with Crippen molar-refractivity contribution in [2.75, 3.05) is 13.7 Å². The number of methoxy groups -OCH3 is 1. The van der Waals surface area contributed by atoms with E-state index < -0.39 is 12.0 Å². The van der Waals surface area contributed by atoms with E-state index in [2.05, 4.69) is 5.32 Å². The lowest BCUT2D eigenvalue weighted by Crippen LogP contribution is -2.42. The SMILES string of the molecule is COc1cc(CO)ccc1OCC(NC1CC1)C(=O)O. The van der Waals surface area contributed by atoms with Gasteiger partial charge in [0.2, 0.25) is 0 Å². The average molecular weight is 281 g/mol. The molecule has 0 heterocycles. The molecule has 1 aromatic carbocycles. The van der Waals surface area contributed by atoms with Gasteiger partial charge in [0.05, 0.1) is 13.7 Å². The highest BCUT2D eigenvalue weighted by molar-refractivity contribution is 5.73. The van der Waals surface area contributed by atoms with Gasteiger partial charge in [-0.05, 0) is 30.5 Å². The van der Waals surface area contributed by atoms with E-state index in [1.165, 1.54) is 7.11 Å². The van der Waals surface area contributed by atoms with Gasteiger partial charge in [0.25, 0.3) is 0 Å². The van der Waals surface area contributed by atoms with E-state index in [0.29, 0.717) is 23.1 Å². The van der Waals surface area contributed by atoms with Crippen LogP contribution in [0.25, 0.3) is 0 Å². The van der Waals surface area contributed by atoms with Crippen molar-refractivity contribution in [1.82, 2.24) is 5.32 Å². The Morgan fingerprint density at radius 3 is 2.75 bits per heavy atom. The number of benzene rings is 1. The van der Waals surface area contributed by atoms with Gasteiger partial charge < -0.3 is 19.7 Å². The van der Waals surface area contributed by atoms with Gasteiger partial charge >= 0.3 is 5.97 Å². The van der Waals surface area contributed by atoms with Gasteiger partial charge in [0, 0.05) is 6.04 Å². The van der Waals surface area contributed by atoms with Gasteiger partial charge in [0.1, 0.15) is 12.6 Å². The lowest BCUT2D eigenvalue weighted by molar-refractivity contribution is -0.140. The summed E-state index contributed by atoms with van der Waals surface area (Å²) < 4.78 is 10.7. The molecule has 0 bridgehead atoms. The van der Waals surface area contributed by atoms with E-state index in [9.17, 15) is 4.79 Å². The molecule has 1 saturated carbocycles. The number of hydrogen-bond acceptors (Lipinski definition) is 5. The zero-order valence-electron chi connectivity index (χ0n) is 11.3. The number of hydrogen-bond donors (Lipinski definition) is 3.